The van der Waals surface area contributed by atoms with E-state index < -0.39 is 0 Å². The van der Waals surface area contributed by atoms with Crippen molar-refractivity contribution in [2.75, 3.05) is 4.90 Å². The third-order valence-electron chi connectivity index (χ3n) is 12.2. The molecule has 0 bridgehead atoms. The SMILES string of the molecule is Cc1ccc2oc3ccc(-c4ccc(N(c5ccc(-c6ccc7oc8ccc(C)cc8c7c6)cc5)c5ccc6c7ccccc7c7ccccc7c6c5)cc4)cc3c2c1. The van der Waals surface area contributed by atoms with Crippen LogP contribution < -0.4 is 4.90 Å². The van der Waals surface area contributed by atoms with Gasteiger partial charge >= 0.3 is 0 Å². The summed E-state index contributed by atoms with van der Waals surface area (Å²) < 4.78 is 12.4. The van der Waals surface area contributed by atoms with E-state index in [0.29, 0.717) is 0 Å². The zero-order valence-electron chi connectivity index (χ0n) is 32.7. The van der Waals surface area contributed by atoms with E-state index in [1.54, 1.807) is 0 Å². The summed E-state index contributed by atoms with van der Waals surface area (Å²) in [5.74, 6) is 0. The number of nitrogens with zero attached hydrogens (tertiary/aromatic N) is 1. The Morgan fingerprint density at radius 3 is 1.08 bits per heavy atom. The predicted molar refractivity (Wildman–Crippen MR) is 249 cm³/mol. The van der Waals surface area contributed by atoms with Crippen LogP contribution in [-0.2, 0) is 0 Å². The molecular weight excluding hydrogens is 719 g/mol. The van der Waals surface area contributed by atoms with Crippen LogP contribution in [0.4, 0.5) is 17.1 Å². The molecule has 0 radical (unpaired) electrons. The molecule has 3 nitrogen and oxygen atoms in total. The van der Waals surface area contributed by atoms with Gasteiger partial charge in [-0.2, -0.15) is 0 Å². The summed E-state index contributed by atoms with van der Waals surface area (Å²) in [4.78, 5) is 2.38. The van der Waals surface area contributed by atoms with Gasteiger partial charge in [-0.1, -0.05) is 114 Å². The van der Waals surface area contributed by atoms with E-state index in [0.717, 1.165) is 83.2 Å². The van der Waals surface area contributed by atoms with Gasteiger partial charge in [-0.05, 0) is 153 Å². The number of hydrogen-bond acceptors (Lipinski definition) is 3. The molecule has 278 valence electrons. The van der Waals surface area contributed by atoms with Crippen molar-refractivity contribution < 1.29 is 8.83 Å². The molecule has 0 N–H and O–H groups in total. The molecular formula is C56H37NO2. The van der Waals surface area contributed by atoms with Crippen LogP contribution in [0.5, 0.6) is 0 Å². The molecule has 0 fully saturated rings. The highest BCUT2D eigenvalue weighted by Crippen LogP contribution is 2.42. The number of fused-ring (bicyclic) bond motifs is 12. The lowest BCUT2D eigenvalue weighted by Crippen LogP contribution is -2.10. The molecule has 0 spiro atoms. The Morgan fingerprint density at radius 2 is 0.627 bits per heavy atom. The third kappa shape index (κ3) is 5.43. The molecule has 59 heavy (non-hydrogen) atoms. The first-order valence-electron chi connectivity index (χ1n) is 20.2. The van der Waals surface area contributed by atoms with Crippen LogP contribution in [0.15, 0.2) is 197 Å². The van der Waals surface area contributed by atoms with Crippen molar-refractivity contribution in [3.05, 3.63) is 199 Å². The molecule has 3 heteroatoms. The normalized spacial score (nSPS) is 11.9. The molecule has 0 saturated heterocycles. The third-order valence-corrected chi connectivity index (χ3v) is 12.2. The summed E-state index contributed by atoms with van der Waals surface area (Å²) >= 11 is 0. The van der Waals surface area contributed by atoms with Crippen LogP contribution >= 0.6 is 0 Å². The van der Waals surface area contributed by atoms with E-state index in [4.69, 9.17) is 8.83 Å². The lowest BCUT2D eigenvalue weighted by atomic mass is 9.94. The first-order valence-corrected chi connectivity index (χ1v) is 20.2. The summed E-state index contributed by atoms with van der Waals surface area (Å²) in [7, 11) is 0. The Kier molecular flexibility index (Phi) is 7.36. The van der Waals surface area contributed by atoms with E-state index in [1.165, 1.54) is 43.4 Å². The Hall–Kier alpha value is -7.62. The molecule has 12 aromatic rings. The number of anilines is 3. The maximum absolute atomic E-state index is 6.19. The fourth-order valence-electron chi connectivity index (χ4n) is 9.23. The summed E-state index contributed by atoms with van der Waals surface area (Å²) in [6.45, 7) is 4.26. The van der Waals surface area contributed by atoms with Crippen molar-refractivity contribution in [2.45, 2.75) is 13.8 Å². The predicted octanol–water partition coefficient (Wildman–Crippen LogP) is 16.4. The minimum atomic E-state index is 0.908. The maximum Gasteiger partial charge on any atom is 0.135 e. The molecule has 0 atom stereocenters. The summed E-state index contributed by atoms with van der Waals surface area (Å²) in [6.07, 6.45) is 0. The van der Waals surface area contributed by atoms with Gasteiger partial charge in [0.05, 0.1) is 0 Å². The molecule has 2 heterocycles. The highest BCUT2D eigenvalue weighted by molar-refractivity contribution is 6.26. The minimum Gasteiger partial charge on any atom is -0.456 e. The molecule has 0 unspecified atom stereocenters. The number of furan rings is 2. The Morgan fingerprint density at radius 1 is 0.271 bits per heavy atom. The maximum atomic E-state index is 6.19. The summed E-state index contributed by atoms with van der Waals surface area (Å²) in [5, 5.41) is 12.1. The minimum absolute atomic E-state index is 0.908. The van der Waals surface area contributed by atoms with E-state index in [9.17, 15) is 0 Å². The molecule has 0 aliphatic heterocycles. The Labute approximate surface area is 341 Å². The van der Waals surface area contributed by atoms with Crippen LogP contribution in [0, 0.1) is 13.8 Å². The van der Waals surface area contributed by atoms with Gasteiger partial charge in [-0.15, -0.1) is 0 Å². The van der Waals surface area contributed by atoms with Crippen molar-refractivity contribution in [3.8, 4) is 22.3 Å². The van der Waals surface area contributed by atoms with Crippen LogP contribution in [-0.4, -0.2) is 0 Å². The molecule has 0 aliphatic carbocycles. The van der Waals surface area contributed by atoms with E-state index in [2.05, 4.69) is 207 Å². The van der Waals surface area contributed by atoms with E-state index in [1.807, 2.05) is 0 Å². The molecule has 0 saturated carbocycles. The second-order valence-electron chi connectivity index (χ2n) is 15.9. The van der Waals surface area contributed by atoms with Gasteiger partial charge in [-0.3, -0.25) is 0 Å². The zero-order chi connectivity index (χ0) is 39.2. The van der Waals surface area contributed by atoms with Crippen molar-refractivity contribution >= 4 is 93.3 Å². The van der Waals surface area contributed by atoms with Crippen molar-refractivity contribution in [1.29, 1.82) is 0 Å². The van der Waals surface area contributed by atoms with Crippen molar-refractivity contribution in [3.63, 3.8) is 0 Å². The van der Waals surface area contributed by atoms with Gasteiger partial charge in [0.1, 0.15) is 22.3 Å². The quantitative estimate of drug-likeness (QED) is 0.164. The zero-order valence-corrected chi connectivity index (χ0v) is 32.7. The topological polar surface area (TPSA) is 29.5 Å². The number of hydrogen-bond donors (Lipinski definition) is 0. The first kappa shape index (κ1) is 33.5. The molecule has 0 aliphatic rings. The fraction of sp³-hybridized carbons (Fsp3) is 0.0357. The van der Waals surface area contributed by atoms with Gasteiger partial charge in [0.25, 0.3) is 0 Å². The second kappa shape index (κ2) is 13.0. The van der Waals surface area contributed by atoms with E-state index >= 15 is 0 Å². The average Bonchev–Trinajstić information content (AvgIpc) is 3.83. The lowest BCUT2D eigenvalue weighted by Gasteiger charge is -2.26. The van der Waals surface area contributed by atoms with Crippen molar-refractivity contribution in [1.82, 2.24) is 0 Å². The smallest absolute Gasteiger partial charge is 0.135 e. The van der Waals surface area contributed by atoms with Gasteiger partial charge in [0.2, 0.25) is 0 Å². The number of rotatable bonds is 5. The fourth-order valence-corrected chi connectivity index (χ4v) is 9.23. The van der Waals surface area contributed by atoms with Gasteiger partial charge in [0, 0.05) is 38.6 Å². The molecule has 2 aromatic heterocycles. The Balaban J connectivity index is 0.991. The highest BCUT2D eigenvalue weighted by Gasteiger charge is 2.17. The van der Waals surface area contributed by atoms with E-state index in [-0.39, 0.29) is 0 Å². The standard InChI is InChI=1S/C56H37NO2/c1-34-11-25-53-49(29-34)51-31-38(17-27-55(51)58-53)36-13-19-40(20-14-36)57(42-23-24-47-45-9-4-3-7-43(45)44-8-5-6-10-46(44)48(47)33-42)41-21-15-37(16-22-41)39-18-28-56-52(32-39)50-30-35(2)12-26-54(50)59-56/h3-33H,1-2H3. The van der Waals surface area contributed by atoms with Gasteiger partial charge in [0.15, 0.2) is 0 Å². The largest absolute Gasteiger partial charge is 0.456 e. The second-order valence-corrected chi connectivity index (χ2v) is 15.9. The van der Waals surface area contributed by atoms with Crippen LogP contribution in [0.3, 0.4) is 0 Å². The highest BCUT2D eigenvalue weighted by atomic mass is 16.3. The molecule has 10 aromatic carbocycles. The monoisotopic (exact) mass is 755 g/mol. The summed E-state index contributed by atoms with van der Waals surface area (Å²) in [5.41, 5.74) is 14.0. The molecule has 12 rings (SSSR count). The van der Waals surface area contributed by atoms with Gasteiger partial charge < -0.3 is 13.7 Å². The van der Waals surface area contributed by atoms with Crippen LogP contribution in [0.2, 0.25) is 0 Å². The van der Waals surface area contributed by atoms with Crippen molar-refractivity contribution in [2.24, 2.45) is 0 Å². The van der Waals surface area contributed by atoms with Crippen LogP contribution in [0.25, 0.3) is 98.4 Å². The van der Waals surface area contributed by atoms with Crippen LogP contribution in [0.1, 0.15) is 11.1 Å². The Bertz CT molecular complexity index is 3430. The number of benzene rings is 10. The summed E-state index contributed by atoms with van der Waals surface area (Å²) in [6, 6.07) is 68.2. The first-order chi connectivity index (χ1) is 29.0. The average molecular weight is 756 g/mol. The lowest BCUT2D eigenvalue weighted by molar-refractivity contribution is 0.668. The molecule has 0 amide bonds. The number of aryl methyl sites for hydroxylation is 2. The van der Waals surface area contributed by atoms with Gasteiger partial charge in [-0.25, -0.2) is 0 Å².